The molecule has 166 valence electrons. The van der Waals surface area contributed by atoms with E-state index in [1.165, 1.54) is 4.90 Å². The summed E-state index contributed by atoms with van der Waals surface area (Å²) < 4.78 is 7.85. The molecule has 0 atom stereocenters. The van der Waals surface area contributed by atoms with Crippen molar-refractivity contribution in [3.05, 3.63) is 77.9 Å². The largest absolute Gasteiger partial charge is 0.494 e. The molecular weight excluding hydrogens is 414 g/mol. The SMILES string of the molecule is COc1cccc2c1nc1ccccc1[n+]2CCCCCCN1C(=O)c2ccccc2C1=O. The molecule has 5 rings (SSSR count). The Kier molecular flexibility index (Phi) is 5.73. The molecule has 0 aliphatic carbocycles. The maximum Gasteiger partial charge on any atom is 0.261 e. The minimum atomic E-state index is -0.171. The van der Waals surface area contributed by atoms with Crippen molar-refractivity contribution in [1.82, 2.24) is 9.88 Å². The molecule has 0 saturated heterocycles. The number of benzene rings is 3. The van der Waals surface area contributed by atoms with Crippen LogP contribution in [0, 0.1) is 0 Å². The Bertz CT molecular complexity index is 1330. The molecule has 0 radical (unpaired) electrons. The Hall–Kier alpha value is -3.80. The Labute approximate surface area is 192 Å². The van der Waals surface area contributed by atoms with Gasteiger partial charge in [0.1, 0.15) is 12.1 Å². The molecule has 33 heavy (non-hydrogen) atoms. The van der Waals surface area contributed by atoms with Crippen LogP contribution in [0.1, 0.15) is 46.4 Å². The lowest BCUT2D eigenvalue weighted by molar-refractivity contribution is -0.646. The maximum absolute atomic E-state index is 12.5. The third kappa shape index (κ3) is 3.82. The summed E-state index contributed by atoms with van der Waals surface area (Å²) >= 11 is 0. The van der Waals surface area contributed by atoms with Crippen LogP contribution in [-0.2, 0) is 6.54 Å². The van der Waals surface area contributed by atoms with Gasteiger partial charge in [-0.1, -0.05) is 36.8 Å². The number of ether oxygens (including phenoxy) is 1. The van der Waals surface area contributed by atoms with Gasteiger partial charge in [0.05, 0.1) is 18.2 Å². The number of amides is 2. The predicted octanol–water partition coefficient (Wildman–Crippen LogP) is 4.54. The lowest BCUT2D eigenvalue weighted by Crippen LogP contribution is -2.36. The molecule has 0 N–H and O–H groups in total. The number of imide groups is 1. The molecule has 0 unspecified atom stereocenters. The van der Waals surface area contributed by atoms with Crippen LogP contribution in [0.5, 0.6) is 5.75 Å². The zero-order valence-electron chi connectivity index (χ0n) is 18.7. The van der Waals surface area contributed by atoms with Crippen LogP contribution in [0.2, 0.25) is 0 Å². The molecular formula is C27H26N3O3+. The van der Waals surface area contributed by atoms with E-state index in [0.29, 0.717) is 17.7 Å². The number of aromatic nitrogens is 2. The summed E-state index contributed by atoms with van der Waals surface area (Å²) in [5.74, 6) is 0.428. The third-order valence-electron chi connectivity index (χ3n) is 6.28. The second-order valence-corrected chi connectivity index (χ2v) is 8.30. The van der Waals surface area contributed by atoms with Gasteiger partial charge in [-0.3, -0.25) is 14.5 Å². The van der Waals surface area contributed by atoms with Crippen molar-refractivity contribution in [3.8, 4) is 5.75 Å². The quantitative estimate of drug-likeness (QED) is 0.175. The summed E-state index contributed by atoms with van der Waals surface area (Å²) in [5.41, 5.74) is 5.00. The van der Waals surface area contributed by atoms with E-state index in [1.54, 1.807) is 31.4 Å². The van der Waals surface area contributed by atoms with Crippen molar-refractivity contribution in [1.29, 1.82) is 0 Å². The average Bonchev–Trinajstić information content (AvgIpc) is 3.10. The van der Waals surface area contributed by atoms with Gasteiger partial charge < -0.3 is 4.74 Å². The van der Waals surface area contributed by atoms with E-state index in [2.05, 4.69) is 16.7 Å². The lowest BCUT2D eigenvalue weighted by atomic mass is 10.1. The van der Waals surface area contributed by atoms with E-state index in [4.69, 9.17) is 9.72 Å². The topological polar surface area (TPSA) is 63.4 Å². The standard InChI is InChI=1S/C27H26N3O3/c1-33-24-16-10-15-23-25(24)28-21-13-6-7-14-22(21)29(23)17-8-2-3-9-18-30-26(31)19-11-4-5-12-20(19)27(30)32/h4-7,10-16H,2-3,8-9,17-18H2,1H3/q+1. The molecule has 4 aromatic rings. The van der Waals surface area contributed by atoms with Gasteiger partial charge in [0, 0.05) is 25.1 Å². The summed E-state index contributed by atoms with van der Waals surface area (Å²) in [7, 11) is 1.67. The van der Waals surface area contributed by atoms with Crippen molar-refractivity contribution in [2.45, 2.75) is 32.2 Å². The smallest absolute Gasteiger partial charge is 0.261 e. The van der Waals surface area contributed by atoms with Crippen LogP contribution >= 0.6 is 0 Å². The van der Waals surface area contributed by atoms with Gasteiger partial charge >= 0.3 is 0 Å². The first-order valence-corrected chi connectivity index (χ1v) is 11.4. The number of rotatable bonds is 8. The van der Waals surface area contributed by atoms with E-state index in [1.807, 2.05) is 30.3 Å². The Morgan fingerprint density at radius 1 is 0.788 bits per heavy atom. The normalized spacial score (nSPS) is 13.2. The second-order valence-electron chi connectivity index (χ2n) is 8.30. The number of unbranched alkanes of at least 4 members (excludes halogenated alkanes) is 3. The van der Waals surface area contributed by atoms with Crippen LogP contribution in [0.25, 0.3) is 22.1 Å². The summed E-state index contributed by atoms with van der Waals surface area (Å²) in [4.78, 5) is 31.2. The van der Waals surface area contributed by atoms with Crippen LogP contribution < -0.4 is 9.30 Å². The third-order valence-corrected chi connectivity index (χ3v) is 6.28. The highest BCUT2D eigenvalue weighted by Gasteiger charge is 2.34. The molecule has 6 heteroatoms. The molecule has 2 heterocycles. The van der Waals surface area contributed by atoms with Crippen LogP contribution in [0.4, 0.5) is 0 Å². The molecule has 2 amide bonds. The lowest BCUT2D eigenvalue weighted by Gasteiger charge is -2.13. The number of carbonyl (C=O) groups is 2. The second kappa shape index (κ2) is 8.98. The van der Waals surface area contributed by atoms with E-state index < -0.39 is 0 Å². The molecule has 1 aliphatic rings. The highest BCUT2D eigenvalue weighted by atomic mass is 16.5. The van der Waals surface area contributed by atoms with Crippen LogP contribution in [-0.4, -0.2) is 35.4 Å². The number of aryl methyl sites for hydroxylation is 1. The van der Waals surface area contributed by atoms with Gasteiger partial charge in [-0.15, -0.1) is 0 Å². The number of fused-ring (bicyclic) bond motifs is 3. The average molecular weight is 441 g/mol. The molecule has 0 bridgehead atoms. The van der Waals surface area contributed by atoms with Gasteiger partial charge in [-0.2, -0.15) is 4.57 Å². The molecule has 0 fully saturated rings. The van der Waals surface area contributed by atoms with Gasteiger partial charge in [0.15, 0.2) is 11.3 Å². The number of hydrogen-bond acceptors (Lipinski definition) is 4. The number of methoxy groups -OCH3 is 1. The first-order valence-electron chi connectivity index (χ1n) is 11.4. The first-order chi connectivity index (χ1) is 16.2. The zero-order chi connectivity index (χ0) is 22.8. The van der Waals surface area contributed by atoms with E-state index in [-0.39, 0.29) is 11.8 Å². The van der Waals surface area contributed by atoms with Crippen LogP contribution in [0.3, 0.4) is 0 Å². The van der Waals surface area contributed by atoms with Crippen molar-refractivity contribution >= 4 is 33.9 Å². The Morgan fingerprint density at radius 3 is 2.21 bits per heavy atom. The molecule has 6 nitrogen and oxygen atoms in total. The van der Waals surface area contributed by atoms with Gasteiger partial charge in [-0.25, -0.2) is 4.98 Å². The summed E-state index contributed by atoms with van der Waals surface area (Å²) in [6.07, 6.45) is 3.77. The van der Waals surface area contributed by atoms with E-state index in [0.717, 1.165) is 60.0 Å². The minimum Gasteiger partial charge on any atom is -0.494 e. The molecule has 3 aromatic carbocycles. The van der Waals surface area contributed by atoms with E-state index in [9.17, 15) is 9.59 Å². The number of hydrogen-bond donors (Lipinski definition) is 0. The predicted molar refractivity (Wildman–Crippen MR) is 126 cm³/mol. The fourth-order valence-electron chi connectivity index (χ4n) is 4.62. The number of nitrogens with zero attached hydrogens (tertiary/aromatic N) is 3. The molecule has 0 saturated carbocycles. The van der Waals surface area contributed by atoms with Crippen molar-refractivity contribution in [2.24, 2.45) is 0 Å². The van der Waals surface area contributed by atoms with Crippen molar-refractivity contribution < 1.29 is 18.9 Å². The summed E-state index contributed by atoms with van der Waals surface area (Å²) in [6, 6.07) is 21.2. The molecule has 1 aliphatic heterocycles. The highest BCUT2D eigenvalue weighted by molar-refractivity contribution is 6.21. The van der Waals surface area contributed by atoms with E-state index >= 15 is 0 Å². The minimum absolute atomic E-state index is 0.171. The molecule has 0 spiro atoms. The first kappa shape index (κ1) is 21.1. The monoisotopic (exact) mass is 440 g/mol. The van der Waals surface area contributed by atoms with Crippen LogP contribution in [0.15, 0.2) is 66.7 Å². The maximum atomic E-state index is 12.5. The Morgan fingerprint density at radius 2 is 1.45 bits per heavy atom. The van der Waals surface area contributed by atoms with Crippen molar-refractivity contribution in [2.75, 3.05) is 13.7 Å². The zero-order valence-corrected chi connectivity index (χ0v) is 18.7. The van der Waals surface area contributed by atoms with Crippen molar-refractivity contribution in [3.63, 3.8) is 0 Å². The fraction of sp³-hybridized carbons (Fsp3) is 0.259. The number of para-hydroxylation sites is 3. The highest BCUT2D eigenvalue weighted by Crippen LogP contribution is 2.25. The Balaban J connectivity index is 1.23. The van der Waals surface area contributed by atoms with Gasteiger partial charge in [-0.05, 0) is 37.1 Å². The van der Waals surface area contributed by atoms with Gasteiger partial charge in [0.25, 0.3) is 11.8 Å². The summed E-state index contributed by atoms with van der Waals surface area (Å²) in [5, 5.41) is 0. The summed E-state index contributed by atoms with van der Waals surface area (Å²) in [6.45, 7) is 1.33. The fourth-order valence-corrected chi connectivity index (χ4v) is 4.62. The number of carbonyl (C=O) groups excluding carboxylic acids is 2. The van der Waals surface area contributed by atoms with Gasteiger partial charge in [0.2, 0.25) is 11.0 Å². The molecule has 1 aromatic heterocycles.